The van der Waals surface area contributed by atoms with Crippen LogP contribution in [0.2, 0.25) is 10.0 Å². The van der Waals surface area contributed by atoms with Gasteiger partial charge in [-0.25, -0.2) is 4.79 Å². The average Bonchev–Trinajstić information content (AvgIpc) is 2.46. The van der Waals surface area contributed by atoms with Gasteiger partial charge in [0.05, 0.1) is 17.2 Å². The monoisotopic (exact) mass is 355 g/mol. The molecule has 0 unspecified atom stereocenters. The van der Waals surface area contributed by atoms with Crippen LogP contribution in [0.25, 0.3) is 11.0 Å². The highest BCUT2D eigenvalue weighted by Crippen LogP contribution is 2.27. The van der Waals surface area contributed by atoms with E-state index >= 15 is 0 Å². The molecule has 1 amide bonds. The normalized spacial score (nSPS) is 21.7. The summed E-state index contributed by atoms with van der Waals surface area (Å²) in [7, 11) is 0. The smallest absolute Gasteiger partial charge is 0.349 e. The molecule has 0 bridgehead atoms. The molecule has 23 heavy (non-hydrogen) atoms. The van der Waals surface area contributed by atoms with Gasteiger partial charge in [0, 0.05) is 23.5 Å². The second-order valence-corrected chi connectivity index (χ2v) is 6.56. The predicted molar refractivity (Wildman–Crippen MR) is 88.4 cm³/mol. The van der Waals surface area contributed by atoms with Crippen LogP contribution in [0.4, 0.5) is 0 Å². The Hall–Kier alpha value is -1.56. The molecule has 3 rings (SSSR count). The van der Waals surface area contributed by atoms with E-state index < -0.39 is 5.63 Å². The molecule has 0 radical (unpaired) electrons. The molecule has 1 aliphatic heterocycles. The Kier molecular flexibility index (Phi) is 4.36. The van der Waals surface area contributed by atoms with E-state index in [-0.39, 0.29) is 34.3 Å². The lowest BCUT2D eigenvalue weighted by Gasteiger charge is -2.35. The topological polar surface area (TPSA) is 59.8 Å². The Balaban J connectivity index is 2.04. The summed E-state index contributed by atoms with van der Waals surface area (Å²) < 4.78 is 10.8. The molecule has 7 heteroatoms. The number of rotatable bonds is 1. The van der Waals surface area contributed by atoms with Crippen molar-refractivity contribution in [1.29, 1.82) is 0 Å². The van der Waals surface area contributed by atoms with Crippen molar-refractivity contribution in [2.75, 3.05) is 13.1 Å². The number of hydrogen-bond acceptors (Lipinski definition) is 4. The highest BCUT2D eigenvalue weighted by molar-refractivity contribution is 6.38. The van der Waals surface area contributed by atoms with Gasteiger partial charge in [0.15, 0.2) is 5.58 Å². The number of halogens is 2. The summed E-state index contributed by atoms with van der Waals surface area (Å²) >= 11 is 12.0. The molecule has 1 aromatic heterocycles. The van der Waals surface area contributed by atoms with Crippen LogP contribution in [-0.2, 0) is 4.74 Å². The summed E-state index contributed by atoms with van der Waals surface area (Å²) in [5, 5.41) is 1.15. The van der Waals surface area contributed by atoms with Crippen molar-refractivity contribution >= 4 is 40.1 Å². The first-order valence-electron chi connectivity index (χ1n) is 7.23. The third-order valence-electron chi connectivity index (χ3n) is 3.69. The van der Waals surface area contributed by atoms with E-state index in [2.05, 4.69) is 0 Å². The number of nitrogens with zero attached hydrogens (tertiary/aromatic N) is 1. The molecular weight excluding hydrogens is 341 g/mol. The van der Waals surface area contributed by atoms with E-state index in [4.69, 9.17) is 32.4 Å². The van der Waals surface area contributed by atoms with Gasteiger partial charge in [-0.2, -0.15) is 0 Å². The van der Waals surface area contributed by atoms with Crippen molar-refractivity contribution in [3.05, 3.63) is 44.2 Å². The Labute approximate surface area is 142 Å². The Bertz CT molecular complexity index is 823. The van der Waals surface area contributed by atoms with Crippen molar-refractivity contribution in [2.24, 2.45) is 0 Å². The van der Waals surface area contributed by atoms with Gasteiger partial charge in [-0.1, -0.05) is 23.2 Å². The van der Waals surface area contributed by atoms with Gasteiger partial charge in [0.1, 0.15) is 5.56 Å². The molecule has 122 valence electrons. The molecule has 0 N–H and O–H groups in total. The van der Waals surface area contributed by atoms with E-state index in [1.165, 1.54) is 12.1 Å². The van der Waals surface area contributed by atoms with Crippen LogP contribution in [0.15, 0.2) is 27.4 Å². The van der Waals surface area contributed by atoms with Gasteiger partial charge in [-0.15, -0.1) is 0 Å². The molecule has 2 atom stereocenters. The summed E-state index contributed by atoms with van der Waals surface area (Å²) in [6.45, 7) is 4.63. The highest BCUT2D eigenvalue weighted by atomic mass is 35.5. The number of ether oxygens (including phenoxy) is 1. The van der Waals surface area contributed by atoms with Crippen molar-refractivity contribution in [3.8, 4) is 0 Å². The minimum atomic E-state index is -0.710. The van der Waals surface area contributed by atoms with Gasteiger partial charge >= 0.3 is 5.63 Å². The SMILES string of the molecule is C[C@@H]1CN(C(=O)c2cc3cc(Cl)cc(Cl)c3oc2=O)C[C@@H](C)O1. The maximum Gasteiger partial charge on any atom is 0.349 e. The van der Waals surface area contributed by atoms with E-state index in [0.717, 1.165) is 0 Å². The predicted octanol–water partition coefficient (Wildman–Crippen LogP) is 3.35. The van der Waals surface area contributed by atoms with Crippen LogP contribution in [0.1, 0.15) is 24.2 Å². The lowest BCUT2D eigenvalue weighted by atomic mass is 10.1. The molecule has 5 nitrogen and oxygen atoms in total. The summed E-state index contributed by atoms with van der Waals surface area (Å²) in [6.07, 6.45) is -0.168. The van der Waals surface area contributed by atoms with Crippen molar-refractivity contribution in [2.45, 2.75) is 26.1 Å². The molecular formula is C16H15Cl2NO4. The number of carbonyl (C=O) groups is 1. The zero-order chi connectivity index (χ0) is 16.7. The fraction of sp³-hybridized carbons (Fsp3) is 0.375. The first-order chi connectivity index (χ1) is 10.8. The molecule has 1 fully saturated rings. The van der Waals surface area contributed by atoms with Crippen LogP contribution in [0, 0.1) is 0 Å². The molecule has 1 saturated heterocycles. The maximum atomic E-state index is 12.7. The second kappa shape index (κ2) is 6.15. The Morgan fingerprint density at radius 3 is 2.48 bits per heavy atom. The minimum Gasteiger partial charge on any atom is -0.421 e. The van der Waals surface area contributed by atoms with Crippen molar-refractivity contribution in [1.82, 2.24) is 4.90 Å². The summed E-state index contributed by atoms with van der Waals surface area (Å²) in [5.41, 5.74) is -0.517. The standard InChI is InChI=1S/C16H15Cl2NO4/c1-8-6-19(7-9(2)22-8)15(20)12-4-10-3-11(17)5-13(18)14(10)23-16(12)21/h3-5,8-9H,6-7H2,1-2H3/t8-,9-/m1/s1. The van der Waals surface area contributed by atoms with Gasteiger partial charge in [-0.05, 0) is 32.0 Å². The largest absolute Gasteiger partial charge is 0.421 e. The quantitative estimate of drug-likeness (QED) is 0.736. The van der Waals surface area contributed by atoms with Crippen LogP contribution < -0.4 is 5.63 Å². The number of hydrogen-bond donors (Lipinski definition) is 0. The van der Waals surface area contributed by atoms with Gasteiger partial charge in [-0.3, -0.25) is 4.79 Å². The molecule has 0 spiro atoms. The molecule has 1 aliphatic rings. The minimum absolute atomic E-state index is 0.0304. The zero-order valence-electron chi connectivity index (χ0n) is 12.6. The van der Waals surface area contributed by atoms with Crippen LogP contribution in [-0.4, -0.2) is 36.1 Å². The van der Waals surface area contributed by atoms with E-state index in [9.17, 15) is 9.59 Å². The molecule has 0 saturated carbocycles. The summed E-state index contributed by atoms with van der Waals surface area (Å²) in [5.74, 6) is -0.376. The average molecular weight is 356 g/mol. The van der Waals surface area contributed by atoms with Gasteiger partial charge in [0.25, 0.3) is 5.91 Å². The van der Waals surface area contributed by atoms with Crippen LogP contribution in [0.3, 0.4) is 0 Å². The fourth-order valence-corrected chi connectivity index (χ4v) is 3.37. The molecule has 1 aromatic carbocycles. The first-order valence-corrected chi connectivity index (χ1v) is 7.98. The lowest BCUT2D eigenvalue weighted by molar-refractivity contribution is -0.0587. The van der Waals surface area contributed by atoms with Crippen LogP contribution in [0.5, 0.6) is 0 Å². The molecule has 2 heterocycles. The zero-order valence-corrected chi connectivity index (χ0v) is 14.1. The third-order valence-corrected chi connectivity index (χ3v) is 4.19. The second-order valence-electron chi connectivity index (χ2n) is 5.72. The van der Waals surface area contributed by atoms with Crippen molar-refractivity contribution in [3.63, 3.8) is 0 Å². The Morgan fingerprint density at radius 2 is 1.83 bits per heavy atom. The van der Waals surface area contributed by atoms with E-state index in [1.807, 2.05) is 13.8 Å². The Morgan fingerprint density at radius 1 is 1.17 bits per heavy atom. The number of morpholine rings is 1. The molecule has 0 aliphatic carbocycles. The first kappa shape index (κ1) is 16.3. The van der Waals surface area contributed by atoms with E-state index in [0.29, 0.717) is 23.5 Å². The third kappa shape index (κ3) is 3.22. The van der Waals surface area contributed by atoms with Gasteiger partial charge < -0.3 is 14.1 Å². The highest BCUT2D eigenvalue weighted by Gasteiger charge is 2.28. The number of fused-ring (bicyclic) bond motifs is 1. The maximum absolute atomic E-state index is 12.7. The number of carbonyl (C=O) groups excluding carboxylic acids is 1. The van der Waals surface area contributed by atoms with Gasteiger partial charge in [0.2, 0.25) is 0 Å². The number of benzene rings is 1. The fourth-order valence-electron chi connectivity index (χ4n) is 2.82. The number of amides is 1. The lowest BCUT2D eigenvalue weighted by Crippen LogP contribution is -2.49. The van der Waals surface area contributed by atoms with Crippen LogP contribution >= 0.6 is 23.2 Å². The molecule has 2 aromatic rings. The van der Waals surface area contributed by atoms with Crippen molar-refractivity contribution < 1.29 is 13.9 Å². The summed E-state index contributed by atoms with van der Waals surface area (Å²) in [6, 6.07) is 4.57. The summed E-state index contributed by atoms with van der Waals surface area (Å²) in [4.78, 5) is 26.5. The van der Waals surface area contributed by atoms with E-state index in [1.54, 1.807) is 11.0 Å².